The van der Waals surface area contributed by atoms with Crippen molar-refractivity contribution < 1.29 is 13.2 Å². The Bertz CT molecular complexity index is 1080. The van der Waals surface area contributed by atoms with E-state index in [0.717, 1.165) is 30.1 Å². The van der Waals surface area contributed by atoms with Gasteiger partial charge in [-0.05, 0) is 24.1 Å². The molecule has 7 nitrogen and oxygen atoms in total. The lowest BCUT2D eigenvalue weighted by molar-refractivity contribution is -0.128. The molecule has 0 atom stereocenters. The van der Waals surface area contributed by atoms with Crippen molar-refractivity contribution >= 4 is 57.2 Å². The van der Waals surface area contributed by atoms with Gasteiger partial charge >= 0.3 is 0 Å². The molecule has 0 saturated heterocycles. The third kappa shape index (κ3) is 6.83. The van der Waals surface area contributed by atoms with Crippen LogP contribution in [0.25, 0.3) is 0 Å². The van der Waals surface area contributed by atoms with Gasteiger partial charge in [0.25, 0.3) is 0 Å². The highest BCUT2D eigenvalue weighted by atomic mass is 35.5. The summed E-state index contributed by atoms with van der Waals surface area (Å²) in [6.07, 6.45) is 0.693. The molecule has 0 saturated carbocycles. The average Bonchev–Trinajstić information content (AvgIpc) is 3.29. The van der Waals surface area contributed by atoms with Gasteiger partial charge in [-0.15, -0.1) is 12.4 Å². The van der Waals surface area contributed by atoms with Gasteiger partial charge in [-0.2, -0.15) is 0 Å². The Labute approximate surface area is 204 Å². The van der Waals surface area contributed by atoms with Crippen LogP contribution in [0.3, 0.4) is 0 Å². The first-order chi connectivity index (χ1) is 14.8. The summed E-state index contributed by atoms with van der Waals surface area (Å²) >= 11 is 11.9. The summed E-state index contributed by atoms with van der Waals surface area (Å²) in [6.45, 7) is 2.08. The fourth-order valence-corrected chi connectivity index (χ4v) is 4.98. The Hall–Kier alpha value is -1.84. The number of amides is 1. The standard InChI is InChI=1S/C21H24Cl2N4O3S.ClH/c1-27(12-9-15-5-7-16(8-6-15)21-25-10-11-26-21)19(28)13-24-14-31(29,30)18-4-2-3-17(22)20(18)23;/h2-8,24H,9-14H2,1H3,(H,25,26);1H. The number of aliphatic imine (C=N–C) groups is 1. The van der Waals surface area contributed by atoms with E-state index in [0.29, 0.717) is 13.0 Å². The SMILES string of the molecule is CN(CCc1ccc(C2=NCCN2)cc1)C(=O)CNCS(=O)(=O)c1cccc(Cl)c1Cl.Cl. The predicted molar refractivity (Wildman–Crippen MR) is 131 cm³/mol. The molecule has 0 aliphatic carbocycles. The lowest BCUT2D eigenvalue weighted by atomic mass is 10.1. The summed E-state index contributed by atoms with van der Waals surface area (Å²) < 4.78 is 24.9. The monoisotopic (exact) mass is 518 g/mol. The van der Waals surface area contributed by atoms with E-state index in [2.05, 4.69) is 15.6 Å². The van der Waals surface area contributed by atoms with Crippen LogP contribution >= 0.6 is 35.6 Å². The fraction of sp³-hybridized carbons (Fsp3) is 0.333. The lowest BCUT2D eigenvalue weighted by Crippen LogP contribution is -2.38. The fourth-order valence-electron chi connectivity index (χ4n) is 3.07. The normalized spacial score (nSPS) is 13.2. The number of hydrogen-bond donors (Lipinski definition) is 2. The molecule has 0 radical (unpaired) electrons. The number of likely N-dealkylation sites (N-methyl/N-ethyl adjacent to an activating group) is 1. The van der Waals surface area contributed by atoms with Gasteiger partial charge in [0.2, 0.25) is 5.91 Å². The number of sulfone groups is 1. The van der Waals surface area contributed by atoms with Crippen LogP contribution in [-0.2, 0) is 21.1 Å². The van der Waals surface area contributed by atoms with Crippen molar-refractivity contribution in [3.8, 4) is 0 Å². The zero-order valence-electron chi connectivity index (χ0n) is 17.5. The van der Waals surface area contributed by atoms with Crippen molar-refractivity contribution in [1.29, 1.82) is 0 Å². The predicted octanol–water partition coefficient (Wildman–Crippen LogP) is 2.79. The van der Waals surface area contributed by atoms with Crippen LogP contribution in [0, 0.1) is 0 Å². The maximum absolute atomic E-state index is 12.4. The Morgan fingerprint density at radius 1 is 1.19 bits per heavy atom. The van der Waals surface area contributed by atoms with Crippen molar-refractivity contribution in [1.82, 2.24) is 15.5 Å². The maximum Gasteiger partial charge on any atom is 0.236 e. The van der Waals surface area contributed by atoms with Gasteiger partial charge in [-0.25, -0.2) is 8.42 Å². The second-order valence-corrected chi connectivity index (χ2v) is 9.90. The minimum atomic E-state index is -3.71. The molecule has 1 amide bonds. The summed E-state index contributed by atoms with van der Waals surface area (Å²) in [5, 5.41) is 6.07. The topological polar surface area (TPSA) is 90.9 Å². The number of amidine groups is 1. The largest absolute Gasteiger partial charge is 0.368 e. The molecule has 32 heavy (non-hydrogen) atoms. The van der Waals surface area contributed by atoms with Crippen molar-refractivity contribution in [2.24, 2.45) is 4.99 Å². The Kier molecular flexibility index (Phi) is 9.79. The first-order valence-electron chi connectivity index (χ1n) is 9.77. The maximum atomic E-state index is 12.4. The van der Waals surface area contributed by atoms with E-state index < -0.39 is 15.7 Å². The van der Waals surface area contributed by atoms with Gasteiger partial charge in [0.05, 0.1) is 28.0 Å². The summed E-state index contributed by atoms with van der Waals surface area (Å²) in [5.74, 6) is 0.305. The highest BCUT2D eigenvalue weighted by Crippen LogP contribution is 2.29. The van der Waals surface area contributed by atoms with Gasteiger partial charge in [0.15, 0.2) is 9.84 Å². The lowest BCUT2D eigenvalue weighted by Gasteiger charge is -2.18. The van der Waals surface area contributed by atoms with Gasteiger partial charge < -0.3 is 10.2 Å². The average molecular weight is 520 g/mol. The van der Waals surface area contributed by atoms with E-state index in [4.69, 9.17) is 23.2 Å². The van der Waals surface area contributed by atoms with Gasteiger partial charge in [-0.1, -0.05) is 53.5 Å². The minimum Gasteiger partial charge on any atom is -0.368 e. The Morgan fingerprint density at radius 2 is 1.91 bits per heavy atom. The number of rotatable bonds is 9. The smallest absolute Gasteiger partial charge is 0.236 e. The number of nitrogens with zero attached hydrogens (tertiary/aromatic N) is 2. The second-order valence-electron chi connectivity index (χ2n) is 7.16. The van der Waals surface area contributed by atoms with Gasteiger partial charge in [0.1, 0.15) is 11.7 Å². The Balaban J connectivity index is 0.00000363. The van der Waals surface area contributed by atoms with Gasteiger partial charge in [0, 0.05) is 25.7 Å². The summed E-state index contributed by atoms with van der Waals surface area (Å²) in [7, 11) is -2.02. The molecule has 0 fully saturated rings. The third-order valence-corrected chi connectivity index (χ3v) is 7.41. The molecule has 0 aromatic heterocycles. The molecule has 1 aliphatic heterocycles. The highest BCUT2D eigenvalue weighted by Gasteiger charge is 2.20. The van der Waals surface area contributed by atoms with E-state index in [1.54, 1.807) is 11.9 Å². The number of hydrogen-bond acceptors (Lipinski definition) is 6. The molecule has 1 heterocycles. The molecule has 2 N–H and O–H groups in total. The molecule has 0 spiro atoms. The molecule has 2 aromatic carbocycles. The van der Waals surface area contributed by atoms with Crippen LogP contribution < -0.4 is 10.6 Å². The molecule has 2 aromatic rings. The molecule has 1 aliphatic rings. The minimum absolute atomic E-state index is 0. The van der Waals surface area contributed by atoms with Crippen molar-refractivity contribution in [3.05, 3.63) is 63.6 Å². The zero-order valence-corrected chi connectivity index (χ0v) is 20.6. The van der Waals surface area contributed by atoms with Crippen molar-refractivity contribution in [2.75, 3.05) is 39.1 Å². The molecule has 3 rings (SSSR count). The van der Waals surface area contributed by atoms with Crippen LogP contribution in [0.15, 0.2) is 52.4 Å². The first-order valence-corrected chi connectivity index (χ1v) is 12.2. The van der Waals surface area contributed by atoms with E-state index in [1.807, 2.05) is 24.3 Å². The van der Waals surface area contributed by atoms with E-state index >= 15 is 0 Å². The number of carbonyl (C=O) groups excluding carboxylic acids is 1. The number of benzene rings is 2. The molecule has 0 bridgehead atoms. The zero-order chi connectivity index (χ0) is 22.4. The van der Waals surface area contributed by atoms with Crippen LogP contribution in [0.4, 0.5) is 0 Å². The molecular weight excluding hydrogens is 495 g/mol. The second kappa shape index (κ2) is 11.9. The van der Waals surface area contributed by atoms with Crippen LogP contribution in [0.2, 0.25) is 10.0 Å². The molecular formula is C21H25Cl3N4O3S. The number of halogens is 3. The van der Waals surface area contributed by atoms with E-state index in [-0.39, 0.29) is 39.8 Å². The third-order valence-electron chi connectivity index (χ3n) is 4.88. The summed E-state index contributed by atoms with van der Waals surface area (Å²) in [4.78, 5) is 18.2. The molecule has 0 unspecified atom stereocenters. The van der Waals surface area contributed by atoms with Crippen molar-refractivity contribution in [3.63, 3.8) is 0 Å². The molecule has 11 heteroatoms. The van der Waals surface area contributed by atoms with Crippen molar-refractivity contribution in [2.45, 2.75) is 11.3 Å². The van der Waals surface area contributed by atoms with Gasteiger partial charge in [-0.3, -0.25) is 15.1 Å². The number of carbonyl (C=O) groups is 1. The Morgan fingerprint density at radius 3 is 2.56 bits per heavy atom. The summed E-state index contributed by atoms with van der Waals surface area (Å²) in [6, 6.07) is 12.5. The van der Waals surface area contributed by atoms with Crippen LogP contribution in [0.1, 0.15) is 11.1 Å². The van der Waals surface area contributed by atoms with Crippen LogP contribution in [-0.4, -0.2) is 64.2 Å². The number of nitrogens with one attached hydrogen (secondary N) is 2. The van der Waals surface area contributed by atoms with Crippen LogP contribution in [0.5, 0.6) is 0 Å². The summed E-state index contributed by atoms with van der Waals surface area (Å²) in [5.41, 5.74) is 2.16. The molecule has 174 valence electrons. The van der Waals surface area contributed by atoms with E-state index in [9.17, 15) is 13.2 Å². The highest BCUT2D eigenvalue weighted by molar-refractivity contribution is 7.91. The quantitative estimate of drug-likeness (QED) is 0.532. The first kappa shape index (κ1) is 26.4. The van der Waals surface area contributed by atoms with E-state index in [1.165, 1.54) is 18.2 Å².